The van der Waals surface area contributed by atoms with Crippen LogP contribution in [0.4, 0.5) is 10.5 Å². The number of benzene rings is 2. The summed E-state index contributed by atoms with van der Waals surface area (Å²) in [7, 11) is 1.63. The van der Waals surface area contributed by atoms with E-state index in [1.807, 2.05) is 24.3 Å². The lowest BCUT2D eigenvalue weighted by Crippen LogP contribution is -2.56. The van der Waals surface area contributed by atoms with E-state index >= 15 is 0 Å². The Morgan fingerprint density at radius 3 is 2.54 bits per heavy atom. The minimum atomic E-state index is -0.132. The molecule has 0 spiro atoms. The minimum Gasteiger partial charge on any atom is -0.497 e. The number of hydrogen-bond donors (Lipinski definition) is 2. The van der Waals surface area contributed by atoms with Crippen LogP contribution in [0.5, 0.6) is 5.75 Å². The maximum Gasteiger partial charge on any atom is 0.319 e. The van der Waals surface area contributed by atoms with Crippen LogP contribution >= 0.6 is 0 Å². The van der Waals surface area contributed by atoms with Gasteiger partial charge in [0.15, 0.2) is 0 Å². The Balaban J connectivity index is 1.35. The standard InChI is InChI=1S/C23H29N3O2/c1-28-22-12-5-9-18(15-22)24-23(27)25-19-13-20-10-6-11-21(14-19)26(20)16-17-7-3-2-4-8-17/h2-5,7-9,12,15,19-21H,6,10-11,13-14,16H2,1H3,(H2,24,25,27). The molecule has 2 heterocycles. The molecule has 2 aromatic rings. The van der Waals surface area contributed by atoms with Gasteiger partial charge in [-0.2, -0.15) is 0 Å². The molecule has 0 radical (unpaired) electrons. The highest BCUT2D eigenvalue weighted by Crippen LogP contribution is 2.35. The molecule has 2 N–H and O–H groups in total. The lowest BCUT2D eigenvalue weighted by atomic mass is 9.81. The van der Waals surface area contributed by atoms with Gasteiger partial charge in [-0.15, -0.1) is 0 Å². The lowest BCUT2D eigenvalue weighted by molar-refractivity contribution is 0.0200. The second-order valence-corrected chi connectivity index (χ2v) is 7.90. The molecule has 2 amide bonds. The normalized spacial score (nSPS) is 24.4. The fraction of sp³-hybridized carbons (Fsp3) is 0.435. The van der Waals surface area contributed by atoms with Gasteiger partial charge in [-0.1, -0.05) is 42.8 Å². The van der Waals surface area contributed by atoms with E-state index in [0.29, 0.717) is 12.1 Å². The number of carbonyl (C=O) groups is 1. The zero-order chi connectivity index (χ0) is 19.3. The number of ether oxygens (including phenoxy) is 1. The molecule has 148 valence electrons. The van der Waals surface area contributed by atoms with E-state index in [4.69, 9.17) is 4.74 Å². The van der Waals surface area contributed by atoms with Crippen molar-refractivity contribution in [3.8, 4) is 5.75 Å². The number of rotatable bonds is 5. The Bertz CT molecular complexity index is 781. The number of piperidine rings is 2. The topological polar surface area (TPSA) is 53.6 Å². The van der Waals surface area contributed by atoms with Crippen LogP contribution < -0.4 is 15.4 Å². The van der Waals surface area contributed by atoms with Crippen molar-refractivity contribution in [1.29, 1.82) is 0 Å². The highest BCUT2D eigenvalue weighted by Gasteiger charge is 2.38. The monoisotopic (exact) mass is 379 g/mol. The van der Waals surface area contributed by atoms with Crippen molar-refractivity contribution >= 4 is 11.7 Å². The molecule has 5 heteroatoms. The first-order chi connectivity index (χ1) is 13.7. The third-order valence-electron chi connectivity index (χ3n) is 6.00. The molecule has 28 heavy (non-hydrogen) atoms. The number of nitrogens with one attached hydrogen (secondary N) is 2. The van der Waals surface area contributed by atoms with Crippen molar-refractivity contribution in [1.82, 2.24) is 10.2 Å². The first-order valence-corrected chi connectivity index (χ1v) is 10.2. The number of nitrogens with zero attached hydrogens (tertiary/aromatic N) is 1. The summed E-state index contributed by atoms with van der Waals surface area (Å²) in [6.07, 6.45) is 5.78. The maximum atomic E-state index is 12.5. The Morgan fingerprint density at radius 1 is 1.07 bits per heavy atom. The average molecular weight is 380 g/mol. The Morgan fingerprint density at radius 2 is 1.82 bits per heavy atom. The summed E-state index contributed by atoms with van der Waals surface area (Å²) in [6.45, 7) is 1.01. The molecule has 2 aliphatic rings. The Labute approximate surface area is 167 Å². The zero-order valence-corrected chi connectivity index (χ0v) is 16.4. The van der Waals surface area contributed by atoms with E-state index in [9.17, 15) is 4.79 Å². The van der Waals surface area contributed by atoms with Crippen molar-refractivity contribution in [2.75, 3.05) is 12.4 Å². The molecule has 5 nitrogen and oxygen atoms in total. The van der Waals surface area contributed by atoms with Crippen molar-refractivity contribution < 1.29 is 9.53 Å². The molecular weight excluding hydrogens is 350 g/mol. The van der Waals surface area contributed by atoms with E-state index < -0.39 is 0 Å². The van der Waals surface area contributed by atoms with E-state index in [-0.39, 0.29) is 12.1 Å². The van der Waals surface area contributed by atoms with Crippen molar-refractivity contribution in [2.24, 2.45) is 0 Å². The van der Waals surface area contributed by atoms with Gasteiger partial charge in [-0.25, -0.2) is 4.79 Å². The number of amides is 2. The van der Waals surface area contributed by atoms with Crippen LogP contribution in [-0.4, -0.2) is 36.2 Å². The van der Waals surface area contributed by atoms with Crippen LogP contribution in [-0.2, 0) is 6.54 Å². The first kappa shape index (κ1) is 18.8. The number of urea groups is 1. The van der Waals surface area contributed by atoms with Crippen LogP contribution in [0, 0.1) is 0 Å². The second kappa shape index (κ2) is 8.65. The summed E-state index contributed by atoms with van der Waals surface area (Å²) in [6, 6.07) is 19.4. The lowest BCUT2D eigenvalue weighted by Gasteiger charge is -2.49. The van der Waals surface area contributed by atoms with Gasteiger partial charge in [0, 0.05) is 36.4 Å². The Hall–Kier alpha value is -2.53. The van der Waals surface area contributed by atoms with Gasteiger partial charge >= 0.3 is 6.03 Å². The molecule has 0 saturated carbocycles. The predicted octanol–water partition coefficient (Wildman–Crippen LogP) is 4.40. The van der Waals surface area contributed by atoms with E-state index in [1.165, 1.54) is 24.8 Å². The maximum absolute atomic E-state index is 12.5. The van der Waals surface area contributed by atoms with Crippen molar-refractivity contribution in [2.45, 2.75) is 56.8 Å². The summed E-state index contributed by atoms with van der Waals surface area (Å²) < 4.78 is 5.22. The number of anilines is 1. The summed E-state index contributed by atoms with van der Waals surface area (Å²) in [5.74, 6) is 0.738. The summed E-state index contributed by atoms with van der Waals surface area (Å²) in [5, 5.41) is 6.14. The molecule has 2 aliphatic heterocycles. The van der Waals surface area contributed by atoms with Gasteiger partial charge in [0.05, 0.1) is 7.11 Å². The van der Waals surface area contributed by atoms with E-state index in [0.717, 1.165) is 30.8 Å². The van der Waals surface area contributed by atoms with Gasteiger partial charge in [0.25, 0.3) is 0 Å². The van der Waals surface area contributed by atoms with Gasteiger partial charge in [0.1, 0.15) is 5.75 Å². The van der Waals surface area contributed by atoms with E-state index in [2.05, 4.69) is 45.9 Å². The van der Waals surface area contributed by atoms with Gasteiger partial charge in [-0.05, 0) is 43.4 Å². The number of fused-ring (bicyclic) bond motifs is 2. The molecule has 0 aromatic heterocycles. The third kappa shape index (κ3) is 4.47. The number of hydrogen-bond acceptors (Lipinski definition) is 3. The largest absolute Gasteiger partial charge is 0.497 e. The quantitative estimate of drug-likeness (QED) is 0.809. The van der Waals surface area contributed by atoms with Crippen LogP contribution in [0.3, 0.4) is 0 Å². The minimum absolute atomic E-state index is 0.132. The van der Waals surface area contributed by atoms with Gasteiger partial charge < -0.3 is 15.4 Å². The molecule has 2 fully saturated rings. The molecule has 0 aliphatic carbocycles. The highest BCUT2D eigenvalue weighted by atomic mass is 16.5. The number of carbonyl (C=O) groups excluding carboxylic acids is 1. The fourth-order valence-corrected chi connectivity index (χ4v) is 4.70. The molecule has 2 aromatic carbocycles. The molecule has 4 rings (SSSR count). The highest BCUT2D eigenvalue weighted by molar-refractivity contribution is 5.89. The third-order valence-corrected chi connectivity index (χ3v) is 6.00. The van der Waals surface area contributed by atoms with Crippen molar-refractivity contribution in [3.63, 3.8) is 0 Å². The molecule has 2 unspecified atom stereocenters. The molecule has 2 atom stereocenters. The molecule has 2 saturated heterocycles. The van der Waals surface area contributed by atoms with Crippen molar-refractivity contribution in [3.05, 3.63) is 60.2 Å². The second-order valence-electron chi connectivity index (χ2n) is 7.90. The van der Waals surface area contributed by atoms with Crippen LogP contribution in [0.15, 0.2) is 54.6 Å². The predicted molar refractivity (Wildman–Crippen MR) is 112 cm³/mol. The Kier molecular flexibility index (Phi) is 5.81. The van der Waals surface area contributed by atoms with E-state index in [1.54, 1.807) is 7.11 Å². The molecular formula is C23H29N3O2. The van der Waals surface area contributed by atoms with Gasteiger partial charge in [0.2, 0.25) is 0 Å². The summed E-state index contributed by atoms with van der Waals surface area (Å²) in [5.41, 5.74) is 2.13. The van der Waals surface area contributed by atoms with Gasteiger partial charge in [-0.3, -0.25) is 4.90 Å². The summed E-state index contributed by atoms with van der Waals surface area (Å²) in [4.78, 5) is 15.2. The molecule has 2 bridgehead atoms. The SMILES string of the molecule is COc1cccc(NC(=O)NC2CC3CCCC(C2)N3Cc2ccccc2)c1. The average Bonchev–Trinajstić information content (AvgIpc) is 2.69. The van der Waals surface area contributed by atoms with Crippen LogP contribution in [0.2, 0.25) is 0 Å². The first-order valence-electron chi connectivity index (χ1n) is 10.2. The smallest absolute Gasteiger partial charge is 0.319 e. The fourth-order valence-electron chi connectivity index (χ4n) is 4.70. The van der Waals surface area contributed by atoms with Crippen LogP contribution in [0.25, 0.3) is 0 Å². The number of methoxy groups -OCH3 is 1. The zero-order valence-electron chi connectivity index (χ0n) is 16.4. The summed E-state index contributed by atoms with van der Waals surface area (Å²) >= 11 is 0. The van der Waals surface area contributed by atoms with Crippen LogP contribution in [0.1, 0.15) is 37.7 Å².